The molecule has 1 aromatic heterocycles. The molecule has 1 atom stereocenters. The number of hydrogen-bond donors (Lipinski definition) is 0. The Balaban J connectivity index is 1.74. The summed E-state index contributed by atoms with van der Waals surface area (Å²) in [6, 6.07) is 0. The first-order valence-electron chi connectivity index (χ1n) is 8.67. The second kappa shape index (κ2) is 7.53. The molecular weight excluding hydrogens is 326 g/mol. The van der Waals surface area contributed by atoms with Gasteiger partial charge in [0.1, 0.15) is 11.8 Å². The monoisotopic (exact) mass is 351 g/mol. The molecule has 1 amide bonds. The standard InChI is InChI=1S/C17H25N3O5/c1-23-10-9-19-7-3-5-17(16(19)22)6-4-8-20(17)11-14-18-13(12-25-14)15(21)24-2/h12H,3-11H2,1-2H3. The van der Waals surface area contributed by atoms with Crippen molar-refractivity contribution in [2.75, 3.05) is 40.5 Å². The maximum atomic E-state index is 13.1. The first-order chi connectivity index (χ1) is 12.1. The first kappa shape index (κ1) is 17.9. The van der Waals surface area contributed by atoms with Crippen LogP contribution in [0.5, 0.6) is 0 Å². The fourth-order valence-electron chi connectivity index (χ4n) is 3.92. The van der Waals surface area contributed by atoms with Crippen LogP contribution < -0.4 is 0 Å². The fraction of sp³-hybridized carbons (Fsp3) is 0.706. The molecule has 0 bridgehead atoms. The number of aromatic nitrogens is 1. The van der Waals surface area contributed by atoms with Crippen molar-refractivity contribution >= 4 is 11.9 Å². The Kier molecular flexibility index (Phi) is 5.39. The lowest BCUT2D eigenvalue weighted by Crippen LogP contribution is -2.60. The second-order valence-corrected chi connectivity index (χ2v) is 6.56. The summed E-state index contributed by atoms with van der Waals surface area (Å²) in [5.41, 5.74) is -0.325. The number of rotatable bonds is 6. The second-order valence-electron chi connectivity index (χ2n) is 6.56. The number of likely N-dealkylation sites (tertiary alicyclic amines) is 2. The van der Waals surface area contributed by atoms with E-state index in [-0.39, 0.29) is 11.6 Å². The average molecular weight is 351 g/mol. The molecular formula is C17H25N3O5. The summed E-state index contributed by atoms with van der Waals surface area (Å²) in [7, 11) is 2.95. The zero-order valence-corrected chi connectivity index (χ0v) is 14.8. The minimum atomic E-state index is -0.523. The van der Waals surface area contributed by atoms with Crippen molar-refractivity contribution in [1.82, 2.24) is 14.8 Å². The molecule has 0 N–H and O–H groups in total. The molecule has 3 rings (SSSR count). The quantitative estimate of drug-likeness (QED) is 0.709. The summed E-state index contributed by atoms with van der Waals surface area (Å²) in [5, 5.41) is 0. The van der Waals surface area contributed by atoms with Crippen LogP contribution >= 0.6 is 0 Å². The van der Waals surface area contributed by atoms with Gasteiger partial charge in [-0.15, -0.1) is 0 Å². The van der Waals surface area contributed by atoms with Crippen LogP contribution in [0, 0.1) is 0 Å². The third-order valence-electron chi connectivity index (χ3n) is 5.17. The Morgan fingerprint density at radius 2 is 2.08 bits per heavy atom. The van der Waals surface area contributed by atoms with Crippen molar-refractivity contribution < 1.29 is 23.5 Å². The lowest BCUT2D eigenvalue weighted by Gasteiger charge is -2.44. The molecule has 0 radical (unpaired) electrons. The summed E-state index contributed by atoms with van der Waals surface area (Å²) in [5.74, 6) is 0.0853. The Labute approximate surface area is 147 Å². The molecule has 25 heavy (non-hydrogen) atoms. The van der Waals surface area contributed by atoms with E-state index in [0.717, 1.165) is 38.8 Å². The topological polar surface area (TPSA) is 85.1 Å². The number of hydrogen-bond acceptors (Lipinski definition) is 7. The van der Waals surface area contributed by atoms with Crippen molar-refractivity contribution in [3.8, 4) is 0 Å². The van der Waals surface area contributed by atoms with Crippen LogP contribution in [0.2, 0.25) is 0 Å². The molecule has 8 heteroatoms. The number of methoxy groups -OCH3 is 2. The van der Waals surface area contributed by atoms with Gasteiger partial charge in [0, 0.05) is 20.2 Å². The van der Waals surface area contributed by atoms with Gasteiger partial charge in [-0.1, -0.05) is 0 Å². The number of nitrogens with zero attached hydrogens (tertiary/aromatic N) is 3. The molecule has 1 spiro atoms. The third-order valence-corrected chi connectivity index (χ3v) is 5.17. The van der Waals surface area contributed by atoms with Gasteiger partial charge in [0.25, 0.3) is 0 Å². The van der Waals surface area contributed by atoms with Gasteiger partial charge < -0.3 is 18.8 Å². The largest absolute Gasteiger partial charge is 0.464 e. The Bertz CT molecular complexity index is 632. The molecule has 2 fully saturated rings. The highest BCUT2D eigenvalue weighted by atomic mass is 16.5. The molecule has 0 aliphatic carbocycles. The fourth-order valence-corrected chi connectivity index (χ4v) is 3.92. The number of carbonyl (C=O) groups is 2. The Hall–Kier alpha value is -1.93. The van der Waals surface area contributed by atoms with E-state index in [4.69, 9.17) is 9.15 Å². The molecule has 8 nitrogen and oxygen atoms in total. The summed E-state index contributed by atoms with van der Waals surface area (Å²) in [6.07, 6.45) is 4.94. The summed E-state index contributed by atoms with van der Waals surface area (Å²) in [6.45, 7) is 3.18. The number of amides is 1. The zero-order chi connectivity index (χ0) is 17.9. The Morgan fingerprint density at radius 1 is 1.32 bits per heavy atom. The van der Waals surface area contributed by atoms with Gasteiger partial charge in [-0.2, -0.15) is 0 Å². The van der Waals surface area contributed by atoms with Crippen molar-refractivity contribution in [3.05, 3.63) is 17.8 Å². The van der Waals surface area contributed by atoms with E-state index in [1.54, 1.807) is 7.11 Å². The van der Waals surface area contributed by atoms with E-state index in [1.807, 2.05) is 4.90 Å². The third kappa shape index (κ3) is 3.41. The normalized spacial score (nSPS) is 24.2. The maximum absolute atomic E-state index is 13.1. The molecule has 2 aliphatic heterocycles. The smallest absolute Gasteiger partial charge is 0.360 e. The zero-order valence-electron chi connectivity index (χ0n) is 14.8. The van der Waals surface area contributed by atoms with Gasteiger partial charge in [0.15, 0.2) is 5.69 Å². The van der Waals surface area contributed by atoms with Gasteiger partial charge >= 0.3 is 5.97 Å². The van der Waals surface area contributed by atoms with E-state index in [2.05, 4.69) is 14.6 Å². The predicted molar refractivity (Wildman–Crippen MR) is 87.9 cm³/mol. The van der Waals surface area contributed by atoms with Crippen molar-refractivity contribution in [1.29, 1.82) is 0 Å². The molecule has 1 unspecified atom stereocenters. The molecule has 2 aliphatic rings. The highest BCUT2D eigenvalue weighted by Gasteiger charge is 2.50. The molecule has 0 saturated carbocycles. The summed E-state index contributed by atoms with van der Waals surface area (Å²) < 4.78 is 15.2. The van der Waals surface area contributed by atoms with Gasteiger partial charge in [-0.3, -0.25) is 9.69 Å². The van der Waals surface area contributed by atoms with Gasteiger partial charge in [-0.05, 0) is 32.2 Å². The molecule has 2 saturated heterocycles. The van der Waals surface area contributed by atoms with Gasteiger partial charge in [0.2, 0.25) is 11.8 Å². The summed E-state index contributed by atoms with van der Waals surface area (Å²) in [4.78, 5) is 32.9. The lowest BCUT2D eigenvalue weighted by atomic mass is 9.85. The van der Waals surface area contributed by atoms with E-state index in [1.165, 1.54) is 13.4 Å². The SMILES string of the molecule is COCCN1CCCC2(CCCN2Cc2nc(C(=O)OC)co2)C1=O. The van der Waals surface area contributed by atoms with Gasteiger partial charge in [-0.25, -0.2) is 9.78 Å². The minimum Gasteiger partial charge on any atom is -0.464 e. The van der Waals surface area contributed by atoms with Crippen molar-refractivity contribution in [2.45, 2.75) is 37.8 Å². The van der Waals surface area contributed by atoms with Crippen LogP contribution in [0.1, 0.15) is 42.1 Å². The van der Waals surface area contributed by atoms with Crippen LogP contribution in [0.15, 0.2) is 10.7 Å². The maximum Gasteiger partial charge on any atom is 0.360 e. The predicted octanol–water partition coefficient (Wildman–Crippen LogP) is 1.06. The van der Waals surface area contributed by atoms with E-state index in [9.17, 15) is 9.59 Å². The van der Waals surface area contributed by atoms with Crippen LogP contribution in [-0.4, -0.2) is 72.7 Å². The lowest BCUT2D eigenvalue weighted by molar-refractivity contribution is -0.148. The van der Waals surface area contributed by atoms with Gasteiger partial charge in [0.05, 0.1) is 20.3 Å². The molecule has 138 valence electrons. The number of carbonyl (C=O) groups excluding carboxylic acids is 2. The van der Waals surface area contributed by atoms with Crippen molar-refractivity contribution in [2.24, 2.45) is 0 Å². The number of esters is 1. The average Bonchev–Trinajstić information content (AvgIpc) is 3.24. The Morgan fingerprint density at radius 3 is 2.80 bits per heavy atom. The van der Waals surface area contributed by atoms with E-state index in [0.29, 0.717) is 25.6 Å². The van der Waals surface area contributed by atoms with E-state index >= 15 is 0 Å². The van der Waals surface area contributed by atoms with Crippen molar-refractivity contribution in [3.63, 3.8) is 0 Å². The van der Waals surface area contributed by atoms with Crippen LogP contribution in [-0.2, 0) is 20.8 Å². The van der Waals surface area contributed by atoms with Crippen LogP contribution in [0.25, 0.3) is 0 Å². The van der Waals surface area contributed by atoms with Crippen LogP contribution in [0.4, 0.5) is 0 Å². The summed E-state index contributed by atoms with van der Waals surface area (Å²) >= 11 is 0. The van der Waals surface area contributed by atoms with Crippen LogP contribution in [0.3, 0.4) is 0 Å². The van der Waals surface area contributed by atoms with E-state index < -0.39 is 11.5 Å². The first-order valence-corrected chi connectivity index (χ1v) is 8.67. The number of oxazole rings is 1. The molecule has 0 aromatic carbocycles. The highest BCUT2D eigenvalue weighted by molar-refractivity contribution is 5.88. The minimum absolute atomic E-state index is 0.155. The number of ether oxygens (including phenoxy) is 2. The number of piperidine rings is 1. The molecule has 3 heterocycles. The highest BCUT2D eigenvalue weighted by Crippen LogP contribution is 2.39. The molecule has 1 aromatic rings.